The van der Waals surface area contributed by atoms with Gasteiger partial charge in [0.2, 0.25) is 0 Å². The highest BCUT2D eigenvalue weighted by molar-refractivity contribution is 5.95. The van der Waals surface area contributed by atoms with Crippen LogP contribution in [0.5, 0.6) is 6.01 Å². The van der Waals surface area contributed by atoms with Crippen molar-refractivity contribution in [2.45, 2.75) is 31.7 Å². The smallest absolute Gasteiger partial charge is 0.416 e. The molecule has 0 saturated carbocycles. The van der Waals surface area contributed by atoms with Gasteiger partial charge in [-0.3, -0.25) is 0 Å². The number of aromatic nitrogens is 2. The third-order valence-corrected chi connectivity index (χ3v) is 4.33. The zero-order valence-corrected chi connectivity index (χ0v) is 18.0. The standard InChI is InChI=1S/C20H19F6N3O5/c1-4-34-16(30)13-9-27-18(33-3)29-15(13)28-14(17(31)32-2)7-10-5-11(19(21,22)23)8-12(6-10)20(24,25)26/h5-6,8-9,14H,4,7H2,1-3H3,(H,27,28,29). The van der Waals surface area contributed by atoms with Crippen LogP contribution in [0, 0.1) is 0 Å². The van der Waals surface area contributed by atoms with Crippen LogP contribution < -0.4 is 10.1 Å². The van der Waals surface area contributed by atoms with Gasteiger partial charge in [0.1, 0.15) is 17.4 Å². The van der Waals surface area contributed by atoms with Gasteiger partial charge in [0.15, 0.2) is 0 Å². The first-order valence-corrected chi connectivity index (χ1v) is 9.51. The zero-order valence-electron chi connectivity index (χ0n) is 18.0. The minimum Gasteiger partial charge on any atom is -0.467 e. The third kappa shape index (κ3) is 6.71. The molecule has 2 rings (SSSR count). The molecule has 0 saturated heterocycles. The molecule has 0 aliphatic carbocycles. The molecule has 14 heteroatoms. The van der Waals surface area contributed by atoms with E-state index < -0.39 is 53.4 Å². The molecule has 1 atom stereocenters. The summed E-state index contributed by atoms with van der Waals surface area (Å²) in [7, 11) is 2.18. The Hall–Kier alpha value is -3.58. The van der Waals surface area contributed by atoms with Crippen molar-refractivity contribution < 1.29 is 50.1 Å². The van der Waals surface area contributed by atoms with Crippen LogP contribution in [0.15, 0.2) is 24.4 Å². The average molecular weight is 495 g/mol. The number of methoxy groups -OCH3 is 2. The summed E-state index contributed by atoms with van der Waals surface area (Å²) < 4.78 is 93.5. The maximum absolute atomic E-state index is 13.2. The lowest BCUT2D eigenvalue weighted by Gasteiger charge is -2.20. The number of benzene rings is 1. The fourth-order valence-electron chi connectivity index (χ4n) is 2.81. The molecular formula is C20H19F6N3O5. The topological polar surface area (TPSA) is 99.6 Å². The maximum atomic E-state index is 13.2. The van der Waals surface area contributed by atoms with E-state index in [1.165, 1.54) is 14.0 Å². The SMILES string of the molecule is CCOC(=O)c1cnc(OC)nc1NC(Cc1cc(C(F)(F)F)cc(C(F)(F)F)c1)C(=O)OC. The van der Waals surface area contributed by atoms with Gasteiger partial charge in [-0.25, -0.2) is 14.6 Å². The summed E-state index contributed by atoms with van der Waals surface area (Å²) in [6.07, 6.45) is -9.79. The van der Waals surface area contributed by atoms with E-state index in [0.29, 0.717) is 12.1 Å². The molecule has 8 nitrogen and oxygen atoms in total. The molecule has 1 aromatic heterocycles. The van der Waals surface area contributed by atoms with E-state index in [2.05, 4.69) is 20.0 Å². The lowest BCUT2D eigenvalue weighted by Crippen LogP contribution is -2.34. The minimum absolute atomic E-state index is 0.0187. The van der Waals surface area contributed by atoms with Crippen molar-refractivity contribution >= 4 is 17.8 Å². The average Bonchev–Trinajstić information content (AvgIpc) is 2.76. The summed E-state index contributed by atoms with van der Waals surface area (Å²) in [4.78, 5) is 32.2. The Labute approximate surface area is 189 Å². The second-order valence-corrected chi connectivity index (χ2v) is 6.68. The Morgan fingerprint density at radius 3 is 2.09 bits per heavy atom. The highest BCUT2D eigenvalue weighted by atomic mass is 19.4. The van der Waals surface area contributed by atoms with Gasteiger partial charge < -0.3 is 19.5 Å². The summed E-state index contributed by atoms with van der Waals surface area (Å²) in [5, 5.41) is 2.51. The second kappa shape index (κ2) is 10.6. The summed E-state index contributed by atoms with van der Waals surface area (Å²) in [6.45, 7) is 1.51. The van der Waals surface area contributed by atoms with E-state index in [4.69, 9.17) is 9.47 Å². The Kier molecular flexibility index (Phi) is 8.29. The number of alkyl halides is 6. The molecule has 186 valence electrons. The summed E-state index contributed by atoms with van der Waals surface area (Å²) in [5.41, 5.74) is -3.81. The molecule has 1 aromatic carbocycles. The highest BCUT2D eigenvalue weighted by Gasteiger charge is 2.37. The number of halogens is 6. The van der Waals surface area contributed by atoms with Crippen LogP contribution in [0.4, 0.5) is 32.2 Å². The lowest BCUT2D eigenvalue weighted by molar-refractivity contribution is -0.143. The Bertz CT molecular complexity index is 1010. The van der Waals surface area contributed by atoms with Crippen LogP contribution in [0.2, 0.25) is 0 Å². The number of anilines is 1. The predicted octanol–water partition coefficient (Wildman–Crippen LogP) is 3.90. The number of carbonyl (C=O) groups excluding carboxylic acids is 2. The van der Waals surface area contributed by atoms with Gasteiger partial charge in [-0.1, -0.05) is 0 Å². The van der Waals surface area contributed by atoms with Crippen molar-refractivity contribution in [1.82, 2.24) is 9.97 Å². The van der Waals surface area contributed by atoms with E-state index in [0.717, 1.165) is 13.3 Å². The number of ether oxygens (including phenoxy) is 3. The van der Waals surface area contributed by atoms with E-state index in [1.807, 2.05) is 0 Å². The first-order chi connectivity index (χ1) is 15.8. The first kappa shape index (κ1) is 26.7. The van der Waals surface area contributed by atoms with E-state index in [-0.39, 0.29) is 30.1 Å². The number of nitrogens with zero attached hydrogens (tertiary/aromatic N) is 2. The van der Waals surface area contributed by atoms with Crippen molar-refractivity contribution in [2.24, 2.45) is 0 Å². The molecule has 0 radical (unpaired) electrons. The molecule has 0 aliphatic rings. The Balaban J connectivity index is 2.52. The monoisotopic (exact) mass is 495 g/mol. The fraction of sp³-hybridized carbons (Fsp3) is 0.400. The number of nitrogens with one attached hydrogen (secondary N) is 1. The highest BCUT2D eigenvalue weighted by Crippen LogP contribution is 2.36. The molecule has 0 spiro atoms. The number of hydrogen-bond donors (Lipinski definition) is 1. The van der Waals surface area contributed by atoms with Crippen molar-refractivity contribution in [2.75, 3.05) is 26.1 Å². The maximum Gasteiger partial charge on any atom is 0.416 e. The van der Waals surface area contributed by atoms with Crippen molar-refractivity contribution in [3.8, 4) is 6.01 Å². The van der Waals surface area contributed by atoms with Gasteiger partial charge in [-0.15, -0.1) is 0 Å². The quantitative estimate of drug-likeness (QED) is 0.435. The normalized spacial score (nSPS) is 12.6. The first-order valence-electron chi connectivity index (χ1n) is 9.51. The molecule has 1 unspecified atom stereocenters. The van der Waals surface area contributed by atoms with E-state index >= 15 is 0 Å². The van der Waals surface area contributed by atoms with Gasteiger partial charge in [0.05, 0.1) is 38.2 Å². The molecule has 34 heavy (non-hydrogen) atoms. The Morgan fingerprint density at radius 1 is 1.03 bits per heavy atom. The number of hydrogen-bond acceptors (Lipinski definition) is 8. The van der Waals surface area contributed by atoms with Crippen LogP contribution in [-0.2, 0) is 33.0 Å². The number of rotatable bonds is 8. The summed E-state index contributed by atoms with van der Waals surface area (Å²) >= 11 is 0. The number of carbonyl (C=O) groups is 2. The molecule has 0 fully saturated rings. The van der Waals surface area contributed by atoms with Crippen molar-refractivity contribution in [3.63, 3.8) is 0 Å². The lowest BCUT2D eigenvalue weighted by atomic mass is 9.99. The molecule has 0 aliphatic heterocycles. The third-order valence-electron chi connectivity index (χ3n) is 4.33. The summed E-state index contributed by atoms with van der Waals surface area (Å²) in [6, 6.07) is -0.836. The second-order valence-electron chi connectivity index (χ2n) is 6.68. The Morgan fingerprint density at radius 2 is 1.62 bits per heavy atom. The minimum atomic E-state index is -5.07. The molecule has 2 aromatic rings. The van der Waals surface area contributed by atoms with Gasteiger partial charge in [0.25, 0.3) is 0 Å². The van der Waals surface area contributed by atoms with E-state index in [9.17, 15) is 35.9 Å². The molecule has 1 heterocycles. The van der Waals surface area contributed by atoms with Crippen LogP contribution in [0.3, 0.4) is 0 Å². The molecule has 1 N–H and O–H groups in total. The van der Waals surface area contributed by atoms with Gasteiger partial charge in [-0.05, 0) is 30.7 Å². The summed E-state index contributed by atoms with van der Waals surface area (Å²) in [5.74, 6) is -2.24. The van der Waals surface area contributed by atoms with Gasteiger partial charge in [0, 0.05) is 6.42 Å². The largest absolute Gasteiger partial charge is 0.467 e. The predicted molar refractivity (Wildman–Crippen MR) is 104 cm³/mol. The van der Waals surface area contributed by atoms with Crippen LogP contribution in [0.25, 0.3) is 0 Å². The molecule has 0 amide bonds. The van der Waals surface area contributed by atoms with Crippen molar-refractivity contribution in [1.29, 1.82) is 0 Å². The van der Waals surface area contributed by atoms with Crippen LogP contribution in [-0.4, -0.2) is 48.8 Å². The molecule has 0 bridgehead atoms. The fourth-order valence-corrected chi connectivity index (χ4v) is 2.81. The van der Waals surface area contributed by atoms with Crippen LogP contribution in [0.1, 0.15) is 34.0 Å². The van der Waals surface area contributed by atoms with E-state index in [1.54, 1.807) is 0 Å². The molecular weight excluding hydrogens is 476 g/mol. The zero-order chi connectivity index (χ0) is 25.7. The number of esters is 2. The van der Waals surface area contributed by atoms with Crippen molar-refractivity contribution in [3.05, 3.63) is 46.6 Å². The van der Waals surface area contributed by atoms with Gasteiger partial charge in [-0.2, -0.15) is 31.3 Å². The van der Waals surface area contributed by atoms with Crippen LogP contribution >= 0.6 is 0 Å². The van der Waals surface area contributed by atoms with Gasteiger partial charge >= 0.3 is 30.3 Å².